The molecule has 0 bridgehead atoms. The van der Waals surface area contributed by atoms with Crippen molar-refractivity contribution < 1.29 is 9.32 Å². The summed E-state index contributed by atoms with van der Waals surface area (Å²) in [5.41, 5.74) is 3.33. The quantitative estimate of drug-likeness (QED) is 0.645. The number of imidazole rings is 1. The zero-order valence-electron chi connectivity index (χ0n) is 13.3. The molecule has 0 unspecified atom stereocenters. The molecule has 2 aromatic heterocycles. The summed E-state index contributed by atoms with van der Waals surface area (Å²) < 4.78 is 5.23. The average Bonchev–Trinajstić information content (AvgIpc) is 3.25. The average molecular weight is 342 g/mol. The highest BCUT2D eigenvalue weighted by Crippen LogP contribution is 2.19. The molecule has 0 saturated carbocycles. The number of nitrogens with zero attached hydrogens (tertiary/aromatic N) is 2. The van der Waals surface area contributed by atoms with Crippen molar-refractivity contribution in [3.05, 3.63) is 59.8 Å². The van der Waals surface area contributed by atoms with Gasteiger partial charge in [-0.05, 0) is 6.92 Å². The maximum Gasteiger partial charge on any atom is 0.273 e. The van der Waals surface area contributed by atoms with Crippen molar-refractivity contribution in [1.82, 2.24) is 20.4 Å². The van der Waals surface area contributed by atoms with Crippen molar-refractivity contribution in [2.75, 3.05) is 12.3 Å². The largest absolute Gasteiger partial charge is 0.355 e. The number of H-pyrrole nitrogens is 1. The molecular weight excluding hydrogens is 324 g/mol. The fourth-order valence-corrected chi connectivity index (χ4v) is 3.02. The molecule has 0 atom stereocenters. The van der Waals surface area contributed by atoms with Crippen molar-refractivity contribution in [2.24, 2.45) is 0 Å². The lowest BCUT2D eigenvalue weighted by Crippen LogP contribution is -2.26. The van der Waals surface area contributed by atoms with Gasteiger partial charge in [-0.1, -0.05) is 35.5 Å². The van der Waals surface area contributed by atoms with Gasteiger partial charge in [0.2, 0.25) is 0 Å². The molecule has 3 aromatic rings. The molecule has 0 spiro atoms. The van der Waals surface area contributed by atoms with Crippen LogP contribution in [0.1, 0.15) is 21.9 Å². The molecule has 0 aliphatic rings. The summed E-state index contributed by atoms with van der Waals surface area (Å²) in [7, 11) is 0. The number of amides is 1. The van der Waals surface area contributed by atoms with Crippen molar-refractivity contribution in [3.63, 3.8) is 0 Å². The first-order valence-electron chi connectivity index (χ1n) is 7.61. The molecule has 2 heterocycles. The number of carbonyl (C=O) groups excluding carboxylic acids is 1. The molecule has 24 heavy (non-hydrogen) atoms. The highest BCUT2D eigenvalue weighted by molar-refractivity contribution is 7.98. The van der Waals surface area contributed by atoms with E-state index in [-0.39, 0.29) is 5.91 Å². The van der Waals surface area contributed by atoms with E-state index < -0.39 is 0 Å². The smallest absolute Gasteiger partial charge is 0.273 e. The topological polar surface area (TPSA) is 83.8 Å². The van der Waals surface area contributed by atoms with Gasteiger partial charge >= 0.3 is 0 Å². The van der Waals surface area contributed by atoms with E-state index in [1.165, 1.54) is 0 Å². The number of aromatic nitrogens is 3. The van der Waals surface area contributed by atoms with Gasteiger partial charge in [0, 0.05) is 35.4 Å². The minimum atomic E-state index is -0.225. The van der Waals surface area contributed by atoms with Crippen molar-refractivity contribution in [1.29, 1.82) is 0 Å². The Hall–Kier alpha value is -2.54. The number of carbonyl (C=O) groups is 1. The lowest BCUT2D eigenvalue weighted by Gasteiger charge is -2.02. The van der Waals surface area contributed by atoms with Crippen LogP contribution in [0.25, 0.3) is 11.3 Å². The number of aryl methyl sites for hydroxylation is 1. The number of thioether (sulfide) groups is 1. The first kappa shape index (κ1) is 16.3. The summed E-state index contributed by atoms with van der Waals surface area (Å²) in [6, 6.07) is 11.2. The van der Waals surface area contributed by atoms with Crippen LogP contribution in [-0.2, 0) is 5.75 Å². The van der Waals surface area contributed by atoms with Crippen molar-refractivity contribution >= 4 is 17.7 Å². The Balaban J connectivity index is 1.44. The van der Waals surface area contributed by atoms with E-state index in [1.54, 1.807) is 24.2 Å². The van der Waals surface area contributed by atoms with Crippen LogP contribution in [0, 0.1) is 6.92 Å². The molecule has 1 aromatic carbocycles. The van der Waals surface area contributed by atoms with Gasteiger partial charge < -0.3 is 14.8 Å². The molecule has 2 N–H and O–H groups in total. The normalized spacial score (nSPS) is 10.7. The molecule has 7 heteroatoms. The predicted octanol–water partition coefficient (Wildman–Crippen LogP) is 3.04. The standard InChI is InChI=1S/C17H18N4O2S/c1-12-15(20-11-19-12)10-24-8-7-18-17(22)14-9-16(23-21-14)13-5-3-2-4-6-13/h2-6,9,11H,7-8,10H2,1H3,(H,18,22)(H,19,20). The summed E-state index contributed by atoms with van der Waals surface area (Å²) >= 11 is 1.72. The van der Waals surface area contributed by atoms with Gasteiger partial charge in [-0.25, -0.2) is 4.98 Å². The Kier molecular flexibility index (Phi) is 5.32. The predicted molar refractivity (Wildman–Crippen MR) is 93.8 cm³/mol. The number of hydrogen-bond acceptors (Lipinski definition) is 5. The van der Waals surface area contributed by atoms with E-state index in [0.717, 1.165) is 28.5 Å². The molecule has 0 radical (unpaired) electrons. The second-order valence-corrected chi connectivity index (χ2v) is 6.33. The van der Waals surface area contributed by atoms with Gasteiger partial charge in [0.1, 0.15) is 0 Å². The van der Waals surface area contributed by atoms with Gasteiger partial charge in [0.15, 0.2) is 11.5 Å². The number of hydrogen-bond donors (Lipinski definition) is 2. The first-order chi connectivity index (χ1) is 11.7. The maximum absolute atomic E-state index is 12.1. The van der Waals surface area contributed by atoms with Crippen LogP contribution in [0.4, 0.5) is 0 Å². The Morgan fingerprint density at radius 1 is 1.33 bits per heavy atom. The van der Waals surface area contributed by atoms with Gasteiger partial charge in [-0.2, -0.15) is 11.8 Å². The monoisotopic (exact) mass is 342 g/mol. The van der Waals surface area contributed by atoms with Gasteiger partial charge in [-0.15, -0.1) is 0 Å². The highest BCUT2D eigenvalue weighted by atomic mass is 32.2. The highest BCUT2D eigenvalue weighted by Gasteiger charge is 2.13. The Morgan fingerprint density at radius 3 is 2.92 bits per heavy atom. The van der Waals surface area contributed by atoms with E-state index in [4.69, 9.17) is 4.52 Å². The first-order valence-corrected chi connectivity index (χ1v) is 8.76. The van der Waals surface area contributed by atoms with Crippen molar-refractivity contribution in [2.45, 2.75) is 12.7 Å². The molecule has 0 saturated heterocycles. The number of rotatable bonds is 7. The van der Waals surface area contributed by atoms with E-state index in [9.17, 15) is 4.79 Å². The third-order valence-electron chi connectivity index (χ3n) is 3.51. The van der Waals surface area contributed by atoms with Gasteiger partial charge in [-0.3, -0.25) is 4.79 Å². The molecule has 0 aliphatic heterocycles. The lowest BCUT2D eigenvalue weighted by atomic mass is 10.1. The minimum absolute atomic E-state index is 0.225. The van der Waals surface area contributed by atoms with Crippen LogP contribution in [0.5, 0.6) is 0 Å². The van der Waals surface area contributed by atoms with E-state index in [0.29, 0.717) is 18.0 Å². The third kappa shape index (κ3) is 4.05. The van der Waals surface area contributed by atoms with Crippen LogP contribution in [-0.4, -0.2) is 33.3 Å². The van der Waals surface area contributed by atoms with Crippen LogP contribution < -0.4 is 5.32 Å². The molecule has 6 nitrogen and oxygen atoms in total. The third-order valence-corrected chi connectivity index (χ3v) is 4.48. The molecule has 124 valence electrons. The summed E-state index contributed by atoms with van der Waals surface area (Å²) in [6.45, 7) is 2.57. The van der Waals surface area contributed by atoms with E-state index in [1.807, 2.05) is 37.3 Å². The van der Waals surface area contributed by atoms with Gasteiger partial charge in [0.25, 0.3) is 5.91 Å². The fourth-order valence-electron chi connectivity index (χ4n) is 2.15. The number of aromatic amines is 1. The summed E-state index contributed by atoms with van der Waals surface area (Å²) in [4.78, 5) is 19.4. The molecular formula is C17H18N4O2S. The van der Waals surface area contributed by atoms with Crippen LogP contribution in [0.2, 0.25) is 0 Å². The number of benzene rings is 1. The summed E-state index contributed by atoms with van der Waals surface area (Å²) in [6.07, 6.45) is 1.70. The zero-order valence-corrected chi connectivity index (χ0v) is 14.1. The molecule has 0 fully saturated rings. The molecule has 0 aliphatic carbocycles. The minimum Gasteiger partial charge on any atom is -0.355 e. The van der Waals surface area contributed by atoms with Crippen LogP contribution >= 0.6 is 11.8 Å². The Bertz CT molecular complexity index is 798. The fraction of sp³-hybridized carbons (Fsp3) is 0.235. The van der Waals surface area contributed by atoms with E-state index >= 15 is 0 Å². The summed E-state index contributed by atoms with van der Waals surface area (Å²) in [5.74, 6) is 2.00. The lowest BCUT2D eigenvalue weighted by molar-refractivity contribution is 0.0947. The Labute approximate surface area is 144 Å². The zero-order chi connectivity index (χ0) is 16.8. The second kappa shape index (κ2) is 7.83. The molecule has 3 rings (SSSR count). The van der Waals surface area contributed by atoms with Crippen LogP contribution in [0.15, 0.2) is 47.2 Å². The SMILES string of the molecule is Cc1[nH]cnc1CSCCNC(=O)c1cc(-c2ccccc2)on1. The van der Waals surface area contributed by atoms with Crippen molar-refractivity contribution in [3.8, 4) is 11.3 Å². The second-order valence-electron chi connectivity index (χ2n) is 5.23. The van der Waals surface area contributed by atoms with E-state index in [2.05, 4.69) is 20.4 Å². The number of nitrogens with one attached hydrogen (secondary N) is 2. The van der Waals surface area contributed by atoms with Gasteiger partial charge in [0.05, 0.1) is 12.0 Å². The summed E-state index contributed by atoms with van der Waals surface area (Å²) in [5, 5.41) is 6.68. The Morgan fingerprint density at radius 2 is 2.17 bits per heavy atom. The van der Waals surface area contributed by atoms with Crippen LogP contribution in [0.3, 0.4) is 0 Å². The molecule has 1 amide bonds. The maximum atomic E-state index is 12.1.